The summed E-state index contributed by atoms with van der Waals surface area (Å²) in [6.45, 7) is 1.65. The zero-order chi connectivity index (χ0) is 15.6. The lowest BCUT2D eigenvalue weighted by atomic mass is 10.2. The number of anilines is 1. The Labute approximate surface area is 137 Å². The van der Waals surface area contributed by atoms with E-state index in [0.717, 1.165) is 15.1 Å². The van der Waals surface area contributed by atoms with Crippen LogP contribution < -0.4 is 5.32 Å². The number of ether oxygens (including phenoxy) is 1. The molecule has 0 radical (unpaired) electrons. The van der Waals surface area contributed by atoms with Crippen LogP contribution in [0, 0.1) is 18.3 Å². The molecule has 2 rings (SSSR count). The number of rotatable bonds is 3. The fourth-order valence-electron chi connectivity index (χ4n) is 1.62. The van der Waals surface area contributed by atoms with Crippen LogP contribution in [0.5, 0.6) is 0 Å². The van der Waals surface area contributed by atoms with Crippen molar-refractivity contribution in [3.63, 3.8) is 0 Å². The summed E-state index contributed by atoms with van der Waals surface area (Å²) in [4.78, 5) is 24.6. The Hall–Kier alpha value is -1.69. The maximum absolute atomic E-state index is 12.1. The van der Waals surface area contributed by atoms with Gasteiger partial charge in [0.25, 0.3) is 5.91 Å². The fraction of sp³-hybridized carbons (Fsp3) is 0.154. The Morgan fingerprint density at radius 1 is 1.38 bits per heavy atom. The second-order valence-electron chi connectivity index (χ2n) is 3.92. The van der Waals surface area contributed by atoms with E-state index in [4.69, 9.17) is 0 Å². The lowest BCUT2D eigenvalue weighted by Crippen LogP contribution is -2.09. The molecule has 0 saturated heterocycles. The standard InChI is InChI=1S/C13H9BrN2O3S2/c1-6-7(5-15)12(21-10(6)13(18)19-2)16-11(17)8-3-4-9(14)20-8/h3-4H,1-2H3,(H,16,17). The molecule has 2 heterocycles. The number of amides is 1. The van der Waals surface area contributed by atoms with Crippen LogP contribution in [-0.4, -0.2) is 19.0 Å². The van der Waals surface area contributed by atoms with Crippen LogP contribution in [0.25, 0.3) is 0 Å². The number of hydrogen-bond acceptors (Lipinski definition) is 6. The van der Waals surface area contributed by atoms with Crippen LogP contribution in [0.4, 0.5) is 5.00 Å². The van der Waals surface area contributed by atoms with Crippen LogP contribution in [0.2, 0.25) is 0 Å². The summed E-state index contributed by atoms with van der Waals surface area (Å²) in [5, 5.41) is 12.2. The summed E-state index contributed by atoms with van der Waals surface area (Å²) in [5.74, 6) is -0.840. The van der Waals surface area contributed by atoms with Crippen molar-refractivity contribution in [1.29, 1.82) is 5.26 Å². The van der Waals surface area contributed by atoms with Gasteiger partial charge in [-0.15, -0.1) is 22.7 Å². The van der Waals surface area contributed by atoms with Gasteiger partial charge in [-0.05, 0) is 40.5 Å². The molecular formula is C13H9BrN2O3S2. The molecule has 2 aromatic heterocycles. The molecule has 21 heavy (non-hydrogen) atoms. The van der Waals surface area contributed by atoms with Crippen LogP contribution in [0.1, 0.15) is 30.5 Å². The first-order valence-electron chi connectivity index (χ1n) is 5.66. The van der Waals surface area contributed by atoms with Gasteiger partial charge in [0.2, 0.25) is 0 Å². The number of carbonyl (C=O) groups is 2. The summed E-state index contributed by atoms with van der Waals surface area (Å²) in [5.41, 5.74) is 0.793. The van der Waals surface area contributed by atoms with Crippen LogP contribution in [0.15, 0.2) is 15.9 Å². The highest BCUT2D eigenvalue weighted by Gasteiger charge is 2.22. The first-order chi connectivity index (χ1) is 9.97. The Morgan fingerprint density at radius 3 is 2.62 bits per heavy atom. The molecule has 0 fully saturated rings. The normalized spacial score (nSPS) is 10.0. The molecule has 0 saturated carbocycles. The quantitative estimate of drug-likeness (QED) is 0.816. The van der Waals surface area contributed by atoms with Gasteiger partial charge in [0.15, 0.2) is 0 Å². The highest BCUT2D eigenvalue weighted by Crippen LogP contribution is 2.33. The van der Waals surface area contributed by atoms with E-state index in [-0.39, 0.29) is 11.5 Å². The molecule has 0 aliphatic heterocycles. The molecule has 0 aromatic carbocycles. The van der Waals surface area contributed by atoms with E-state index < -0.39 is 5.97 Å². The van der Waals surface area contributed by atoms with E-state index in [1.165, 1.54) is 18.4 Å². The van der Waals surface area contributed by atoms with E-state index in [0.29, 0.717) is 20.3 Å². The van der Waals surface area contributed by atoms with E-state index in [2.05, 4.69) is 26.0 Å². The molecular weight excluding hydrogens is 376 g/mol. The highest BCUT2D eigenvalue weighted by molar-refractivity contribution is 9.11. The second kappa shape index (κ2) is 6.39. The van der Waals surface area contributed by atoms with E-state index >= 15 is 0 Å². The zero-order valence-corrected chi connectivity index (χ0v) is 14.2. The molecule has 8 heteroatoms. The summed E-state index contributed by atoms with van der Waals surface area (Å²) in [6, 6.07) is 5.45. The third-order valence-electron chi connectivity index (χ3n) is 2.65. The van der Waals surface area contributed by atoms with Gasteiger partial charge in [-0.3, -0.25) is 4.79 Å². The maximum atomic E-state index is 12.1. The number of nitriles is 1. The van der Waals surface area contributed by atoms with E-state index in [1.54, 1.807) is 19.1 Å². The van der Waals surface area contributed by atoms with Crippen molar-refractivity contribution in [1.82, 2.24) is 0 Å². The molecule has 2 aromatic rings. The SMILES string of the molecule is COC(=O)c1sc(NC(=O)c2ccc(Br)s2)c(C#N)c1C. The third kappa shape index (κ3) is 3.15. The first-order valence-corrected chi connectivity index (χ1v) is 8.09. The van der Waals surface area contributed by atoms with Crippen molar-refractivity contribution in [2.75, 3.05) is 12.4 Å². The molecule has 0 unspecified atom stereocenters. The van der Waals surface area contributed by atoms with Crippen molar-refractivity contribution in [2.24, 2.45) is 0 Å². The largest absolute Gasteiger partial charge is 0.465 e. The Morgan fingerprint density at radius 2 is 2.10 bits per heavy atom. The Kier molecular flexibility index (Phi) is 4.77. The Bertz CT molecular complexity index is 758. The molecule has 1 N–H and O–H groups in total. The van der Waals surface area contributed by atoms with Crippen LogP contribution in [-0.2, 0) is 4.74 Å². The zero-order valence-electron chi connectivity index (χ0n) is 11.0. The van der Waals surface area contributed by atoms with Crippen molar-refractivity contribution in [2.45, 2.75) is 6.92 Å². The number of nitrogens with one attached hydrogen (secondary N) is 1. The molecule has 1 amide bonds. The fourth-order valence-corrected chi connectivity index (χ4v) is 3.98. The second-order valence-corrected chi connectivity index (χ2v) is 7.41. The summed E-state index contributed by atoms with van der Waals surface area (Å²) in [6.07, 6.45) is 0. The predicted molar refractivity (Wildman–Crippen MR) is 85.1 cm³/mol. The predicted octanol–water partition coefficient (Wildman–Crippen LogP) is 3.79. The van der Waals surface area contributed by atoms with Gasteiger partial charge >= 0.3 is 5.97 Å². The average molecular weight is 385 g/mol. The molecule has 0 aliphatic carbocycles. The van der Waals surface area contributed by atoms with Gasteiger partial charge < -0.3 is 10.1 Å². The van der Waals surface area contributed by atoms with Gasteiger partial charge in [0.05, 0.1) is 21.3 Å². The van der Waals surface area contributed by atoms with Crippen molar-refractivity contribution >= 4 is 55.5 Å². The highest BCUT2D eigenvalue weighted by atomic mass is 79.9. The number of hydrogen-bond donors (Lipinski definition) is 1. The van der Waals surface area contributed by atoms with Gasteiger partial charge in [-0.2, -0.15) is 5.26 Å². The molecule has 5 nitrogen and oxygen atoms in total. The minimum atomic E-state index is -0.520. The third-order valence-corrected chi connectivity index (χ3v) is 5.46. The number of nitrogens with zero attached hydrogens (tertiary/aromatic N) is 1. The monoisotopic (exact) mass is 384 g/mol. The smallest absolute Gasteiger partial charge is 0.348 e. The molecule has 0 atom stereocenters. The summed E-state index contributed by atoms with van der Waals surface area (Å²) >= 11 is 5.61. The lowest BCUT2D eigenvalue weighted by Gasteiger charge is -2.00. The average Bonchev–Trinajstić information content (AvgIpc) is 3.02. The van der Waals surface area contributed by atoms with Crippen molar-refractivity contribution in [3.8, 4) is 6.07 Å². The molecule has 0 bridgehead atoms. The maximum Gasteiger partial charge on any atom is 0.348 e. The number of esters is 1. The van der Waals surface area contributed by atoms with Crippen LogP contribution in [0.3, 0.4) is 0 Å². The van der Waals surface area contributed by atoms with Crippen molar-refractivity contribution < 1.29 is 14.3 Å². The minimum absolute atomic E-state index is 0.282. The molecule has 0 aliphatic rings. The number of thiophene rings is 2. The number of methoxy groups -OCH3 is 1. The number of carbonyl (C=O) groups excluding carboxylic acids is 2. The van der Waals surface area contributed by atoms with Gasteiger partial charge in [0, 0.05) is 0 Å². The van der Waals surface area contributed by atoms with Gasteiger partial charge in [-0.1, -0.05) is 0 Å². The first kappa shape index (κ1) is 15.7. The molecule has 0 spiro atoms. The lowest BCUT2D eigenvalue weighted by molar-refractivity contribution is 0.0605. The number of halogens is 1. The molecule has 108 valence electrons. The van der Waals surface area contributed by atoms with Crippen molar-refractivity contribution in [3.05, 3.63) is 36.8 Å². The summed E-state index contributed by atoms with van der Waals surface area (Å²) < 4.78 is 5.51. The van der Waals surface area contributed by atoms with Crippen LogP contribution >= 0.6 is 38.6 Å². The van der Waals surface area contributed by atoms with E-state index in [1.807, 2.05) is 6.07 Å². The topological polar surface area (TPSA) is 79.2 Å². The van der Waals surface area contributed by atoms with Gasteiger partial charge in [0.1, 0.15) is 15.9 Å². The Balaban J connectivity index is 2.34. The minimum Gasteiger partial charge on any atom is -0.465 e. The van der Waals surface area contributed by atoms with Gasteiger partial charge in [-0.25, -0.2) is 4.79 Å². The van der Waals surface area contributed by atoms with E-state index in [9.17, 15) is 14.9 Å². The summed E-state index contributed by atoms with van der Waals surface area (Å²) in [7, 11) is 1.27.